The highest BCUT2D eigenvalue weighted by Gasteiger charge is 2.44. The third-order valence-electron chi connectivity index (χ3n) is 5.87. The van der Waals surface area contributed by atoms with Crippen molar-refractivity contribution in [3.05, 3.63) is 46.1 Å². The third kappa shape index (κ3) is 4.08. The molecule has 4 rings (SSSR count). The van der Waals surface area contributed by atoms with Crippen LogP contribution in [0.3, 0.4) is 0 Å². The number of carbonyl (C=O) groups is 2. The molecule has 7 nitrogen and oxygen atoms in total. The van der Waals surface area contributed by atoms with E-state index >= 15 is 0 Å². The molecule has 1 fully saturated rings. The summed E-state index contributed by atoms with van der Waals surface area (Å²) in [4.78, 5) is 32.7. The summed E-state index contributed by atoms with van der Waals surface area (Å²) < 4.78 is 6.98. The number of esters is 1. The first-order chi connectivity index (χ1) is 14.9. The van der Waals surface area contributed by atoms with Crippen molar-refractivity contribution < 1.29 is 14.3 Å². The number of aromatic nitrogens is 2. The minimum Gasteiger partial charge on any atom is -0.464 e. The average Bonchev–Trinajstić information content (AvgIpc) is 3.22. The zero-order valence-corrected chi connectivity index (χ0v) is 18.9. The molecule has 0 saturated carbocycles. The van der Waals surface area contributed by atoms with Crippen molar-refractivity contribution in [3.8, 4) is 0 Å². The van der Waals surface area contributed by atoms with E-state index in [9.17, 15) is 9.59 Å². The van der Waals surface area contributed by atoms with Crippen molar-refractivity contribution in [3.63, 3.8) is 0 Å². The van der Waals surface area contributed by atoms with Crippen LogP contribution in [-0.4, -0.2) is 51.5 Å². The van der Waals surface area contributed by atoms with Gasteiger partial charge in [-0.2, -0.15) is 5.10 Å². The standard InChI is InChI=1S/C22H24Cl2N4O3/c1-3-31-22(30)17-6-4-5-11-27(17)21(29)19-13(2)26-18-9-10-25-28(18)20(19)14-7-8-15(23)16(24)12-14/h7-10,12,17,19-20H,3-6,11H2,1-2H3. The van der Waals surface area contributed by atoms with Gasteiger partial charge in [0.25, 0.3) is 0 Å². The molecule has 0 spiro atoms. The fourth-order valence-corrected chi connectivity index (χ4v) is 4.74. The van der Waals surface area contributed by atoms with Crippen molar-refractivity contribution in [2.75, 3.05) is 13.2 Å². The number of hydrogen-bond acceptors (Lipinski definition) is 5. The topological polar surface area (TPSA) is 76.8 Å². The first kappa shape index (κ1) is 21.8. The number of piperidine rings is 1. The maximum absolute atomic E-state index is 13.9. The summed E-state index contributed by atoms with van der Waals surface area (Å²) in [6.07, 6.45) is 3.98. The molecule has 0 N–H and O–H groups in total. The molecule has 3 heterocycles. The summed E-state index contributed by atoms with van der Waals surface area (Å²) in [5.41, 5.74) is 1.47. The van der Waals surface area contributed by atoms with Gasteiger partial charge in [-0.3, -0.25) is 4.79 Å². The summed E-state index contributed by atoms with van der Waals surface area (Å²) in [6.45, 7) is 4.40. The Morgan fingerprint density at radius 1 is 1.19 bits per heavy atom. The molecular formula is C22H24Cl2N4O3. The smallest absolute Gasteiger partial charge is 0.328 e. The van der Waals surface area contributed by atoms with Crippen molar-refractivity contribution in [2.24, 2.45) is 10.9 Å². The lowest BCUT2D eigenvalue weighted by Crippen LogP contribution is -2.53. The maximum atomic E-state index is 13.9. The number of halogens is 2. The van der Waals surface area contributed by atoms with E-state index < -0.39 is 18.0 Å². The van der Waals surface area contributed by atoms with E-state index in [-0.39, 0.29) is 18.5 Å². The monoisotopic (exact) mass is 462 g/mol. The highest BCUT2D eigenvalue weighted by molar-refractivity contribution is 6.42. The van der Waals surface area contributed by atoms with Gasteiger partial charge in [-0.05, 0) is 50.8 Å². The van der Waals surface area contributed by atoms with Gasteiger partial charge in [-0.15, -0.1) is 0 Å². The second-order valence-corrected chi connectivity index (χ2v) is 8.59. The van der Waals surface area contributed by atoms with Gasteiger partial charge >= 0.3 is 5.97 Å². The van der Waals surface area contributed by atoms with Crippen molar-refractivity contribution >= 4 is 46.6 Å². The lowest BCUT2D eigenvalue weighted by molar-refractivity contribution is -0.157. The number of rotatable bonds is 4. The van der Waals surface area contributed by atoms with Gasteiger partial charge in [-0.25, -0.2) is 14.5 Å². The van der Waals surface area contributed by atoms with Crippen LogP contribution in [0.1, 0.15) is 44.7 Å². The molecule has 1 aromatic carbocycles. The zero-order valence-electron chi connectivity index (χ0n) is 17.4. The summed E-state index contributed by atoms with van der Waals surface area (Å²) in [6, 6.07) is 6.10. The van der Waals surface area contributed by atoms with E-state index in [1.807, 2.05) is 13.0 Å². The Morgan fingerprint density at radius 2 is 2.00 bits per heavy atom. The summed E-state index contributed by atoms with van der Waals surface area (Å²) in [7, 11) is 0. The summed E-state index contributed by atoms with van der Waals surface area (Å²) in [5, 5.41) is 5.28. The highest BCUT2D eigenvalue weighted by Crippen LogP contribution is 2.39. The van der Waals surface area contributed by atoms with Crippen molar-refractivity contribution in [1.29, 1.82) is 0 Å². The number of hydrogen-bond donors (Lipinski definition) is 0. The van der Waals surface area contributed by atoms with Crippen molar-refractivity contribution in [1.82, 2.24) is 14.7 Å². The number of fused-ring (bicyclic) bond motifs is 1. The number of aliphatic imine (C=N–C) groups is 1. The number of ether oxygens (including phenoxy) is 1. The molecule has 2 aromatic rings. The molecule has 2 aliphatic heterocycles. The normalized spacial score (nSPS) is 23.2. The number of likely N-dealkylation sites (tertiary alicyclic amines) is 1. The van der Waals surface area contributed by atoms with Crippen molar-refractivity contribution in [2.45, 2.75) is 45.2 Å². The molecule has 2 aliphatic rings. The molecule has 0 bridgehead atoms. The van der Waals surface area contributed by atoms with Gasteiger partial charge in [-0.1, -0.05) is 29.3 Å². The highest BCUT2D eigenvalue weighted by atomic mass is 35.5. The fraction of sp³-hybridized carbons (Fsp3) is 0.455. The fourth-order valence-electron chi connectivity index (χ4n) is 4.43. The lowest BCUT2D eigenvalue weighted by Gasteiger charge is -2.39. The predicted molar refractivity (Wildman–Crippen MR) is 119 cm³/mol. The van der Waals surface area contributed by atoms with E-state index in [1.54, 1.807) is 40.9 Å². The van der Waals surface area contributed by atoms with Crippen LogP contribution in [0.2, 0.25) is 10.0 Å². The Labute approximate surface area is 191 Å². The van der Waals surface area contributed by atoms with Gasteiger partial charge in [0, 0.05) is 18.3 Å². The number of amides is 1. The van der Waals surface area contributed by atoms with Crippen LogP contribution in [0.5, 0.6) is 0 Å². The molecule has 164 valence electrons. The molecule has 1 amide bonds. The Morgan fingerprint density at radius 3 is 2.74 bits per heavy atom. The zero-order chi connectivity index (χ0) is 22.1. The van der Waals surface area contributed by atoms with E-state index in [0.717, 1.165) is 18.4 Å². The van der Waals surface area contributed by atoms with Gasteiger partial charge < -0.3 is 9.64 Å². The minimum absolute atomic E-state index is 0.156. The van der Waals surface area contributed by atoms with Gasteiger partial charge in [0.05, 0.1) is 28.9 Å². The Kier molecular flexibility index (Phi) is 6.34. The van der Waals surface area contributed by atoms with E-state index in [0.29, 0.717) is 34.5 Å². The van der Waals surface area contributed by atoms with Crippen LogP contribution in [0, 0.1) is 5.92 Å². The molecule has 1 saturated heterocycles. The molecular weight excluding hydrogens is 439 g/mol. The number of carbonyl (C=O) groups excluding carboxylic acids is 2. The number of benzene rings is 1. The maximum Gasteiger partial charge on any atom is 0.328 e. The summed E-state index contributed by atoms with van der Waals surface area (Å²) >= 11 is 12.4. The molecule has 3 unspecified atom stereocenters. The number of nitrogens with zero attached hydrogens (tertiary/aromatic N) is 4. The SMILES string of the molecule is CCOC(=O)C1CCCCN1C(=O)C1C(C)=Nc2ccnn2C1c1ccc(Cl)c(Cl)c1. The molecule has 0 radical (unpaired) electrons. The van der Waals surface area contributed by atoms with Crippen LogP contribution in [-0.2, 0) is 14.3 Å². The minimum atomic E-state index is -0.625. The lowest BCUT2D eigenvalue weighted by atomic mass is 9.86. The third-order valence-corrected chi connectivity index (χ3v) is 6.60. The Bertz CT molecular complexity index is 1040. The van der Waals surface area contributed by atoms with Crippen LogP contribution in [0.25, 0.3) is 0 Å². The second-order valence-electron chi connectivity index (χ2n) is 7.78. The largest absolute Gasteiger partial charge is 0.464 e. The molecule has 9 heteroatoms. The Balaban J connectivity index is 1.76. The van der Waals surface area contributed by atoms with Crippen LogP contribution >= 0.6 is 23.2 Å². The first-order valence-corrected chi connectivity index (χ1v) is 11.2. The van der Waals surface area contributed by atoms with E-state index in [4.69, 9.17) is 27.9 Å². The van der Waals surface area contributed by atoms with Crippen LogP contribution < -0.4 is 0 Å². The van der Waals surface area contributed by atoms with Crippen LogP contribution in [0.4, 0.5) is 5.82 Å². The summed E-state index contributed by atoms with van der Waals surface area (Å²) in [5.74, 6) is -0.471. The molecule has 31 heavy (non-hydrogen) atoms. The van der Waals surface area contributed by atoms with Gasteiger partial charge in [0.1, 0.15) is 12.0 Å². The first-order valence-electron chi connectivity index (χ1n) is 10.4. The molecule has 3 atom stereocenters. The van der Waals surface area contributed by atoms with Crippen LogP contribution in [0.15, 0.2) is 35.5 Å². The molecule has 0 aliphatic carbocycles. The average molecular weight is 463 g/mol. The van der Waals surface area contributed by atoms with Gasteiger partial charge in [0.2, 0.25) is 5.91 Å². The predicted octanol–water partition coefficient (Wildman–Crippen LogP) is 4.45. The quantitative estimate of drug-likeness (QED) is 0.628. The molecule has 1 aromatic heterocycles. The van der Waals surface area contributed by atoms with E-state index in [1.165, 1.54) is 0 Å². The van der Waals surface area contributed by atoms with Gasteiger partial charge in [0.15, 0.2) is 5.82 Å². The Hall–Kier alpha value is -2.38. The van der Waals surface area contributed by atoms with E-state index in [2.05, 4.69) is 10.1 Å². The second kappa shape index (κ2) is 9.01.